The Labute approximate surface area is 137 Å². The molecule has 2 rings (SSSR count). The third-order valence-corrected chi connectivity index (χ3v) is 3.72. The number of nitrogens with one attached hydrogen (secondary N) is 1. The average Bonchev–Trinajstić information content (AvgIpc) is 3.03. The van der Waals surface area contributed by atoms with Gasteiger partial charge in [-0.15, -0.1) is 0 Å². The van der Waals surface area contributed by atoms with Crippen molar-refractivity contribution in [2.45, 2.75) is 27.0 Å². The number of benzene rings is 1. The van der Waals surface area contributed by atoms with Crippen LogP contribution in [-0.4, -0.2) is 31.0 Å². The van der Waals surface area contributed by atoms with E-state index in [1.165, 1.54) is 0 Å². The molecule has 0 saturated carbocycles. The molecule has 0 aliphatic heterocycles. The summed E-state index contributed by atoms with van der Waals surface area (Å²) in [4.78, 5) is 14.6. The molecule has 1 aromatic carbocycles. The maximum atomic E-state index is 12.3. The Morgan fingerprint density at radius 1 is 1.17 bits per heavy atom. The molecule has 0 aliphatic rings. The van der Waals surface area contributed by atoms with Gasteiger partial charge < -0.3 is 14.5 Å². The van der Waals surface area contributed by atoms with E-state index in [2.05, 4.69) is 24.1 Å². The molecule has 0 unspecified atom stereocenters. The molecule has 23 heavy (non-hydrogen) atoms. The first kappa shape index (κ1) is 17.2. The van der Waals surface area contributed by atoms with Crippen LogP contribution in [-0.2, 0) is 17.9 Å². The zero-order chi connectivity index (χ0) is 16.7. The van der Waals surface area contributed by atoms with Gasteiger partial charge in [0.25, 0.3) is 5.91 Å². The Morgan fingerprint density at radius 3 is 2.61 bits per heavy atom. The Bertz CT molecular complexity index is 633. The van der Waals surface area contributed by atoms with Gasteiger partial charge in [0.05, 0.1) is 13.2 Å². The van der Waals surface area contributed by atoms with Crippen molar-refractivity contribution in [3.8, 4) is 0 Å². The fourth-order valence-corrected chi connectivity index (χ4v) is 2.36. The molecule has 1 N–H and O–H groups in total. The summed E-state index contributed by atoms with van der Waals surface area (Å²) in [6, 6.07) is 11.1. The lowest BCUT2D eigenvalue weighted by atomic mass is 10.2. The average molecular weight is 316 g/mol. The van der Waals surface area contributed by atoms with E-state index in [0.717, 1.165) is 30.1 Å². The molecule has 0 radical (unpaired) electrons. The predicted octanol–water partition coefficient (Wildman–Crippen LogP) is 3.52. The molecule has 1 heterocycles. The molecule has 0 bridgehead atoms. The Kier molecular flexibility index (Phi) is 6.38. The first-order chi connectivity index (χ1) is 11.2. The number of nitrogens with zero attached hydrogens (tertiary/aromatic N) is 1. The minimum atomic E-state index is -0.251. The van der Waals surface area contributed by atoms with E-state index >= 15 is 0 Å². The van der Waals surface area contributed by atoms with Crippen molar-refractivity contribution < 1.29 is 13.9 Å². The maximum Gasteiger partial charge on any atom is 0.291 e. The number of rotatable bonds is 8. The van der Waals surface area contributed by atoms with Crippen molar-refractivity contribution in [2.75, 3.05) is 25.5 Å². The smallest absolute Gasteiger partial charge is 0.291 e. The van der Waals surface area contributed by atoms with Crippen LogP contribution in [0.4, 0.5) is 5.69 Å². The molecule has 0 aliphatic carbocycles. The molecule has 1 amide bonds. The molecular formula is C18H24N2O3. The number of para-hydroxylation sites is 1. The standard InChI is InChI=1S/C18H24N2O3/c1-4-20(5-2)12-15-10-11-17(23-15)18(21)19-16-9-7-6-8-14(16)13-22-3/h6-11H,4-5,12-13H2,1-3H3,(H,19,21). The maximum absolute atomic E-state index is 12.3. The van der Waals surface area contributed by atoms with E-state index in [0.29, 0.717) is 18.9 Å². The van der Waals surface area contributed by atoms with Gasteiger partial charge in [0.1, 0.15) is 5.76 Å². The van der Waals surface area contributed by atoms with Crippen molar-refractivity contribution in [1.82, 2.24) is 4.90 Å². The van der Waals surface area contributed by atoms with Gasteiger partial charge in [-0.25, -0.2) is 0 Å². The fourth-order valence-electron chi connectivity index (χ4n) is 2.36. The molecule has 0 saturated heterocycles. The number of ether oxygens (including phenoxy) is 1. The van der Waals surface area contributed by atoms with E-state index in [-0.39, 0.29) is 5.91 Å². The van der Waals surface area contributed by atoms with Gasteiger partial charge in [-0.2, -0.15) is 0 Å². The first-order valence-electron chi connectivity index (χ1n) is 7.87. The lowest BCUT2D eigenvalue weighted by Crippen LogP contribution is -2.21. The number of carbonyl (C=O) groups excluding carboxylic acids is 1. The lowest BCUT2D eigenvalue weighted by Gasteiger charge is -2.15. The number of amides is 1. The third kappa shape index (κ3) is 4.68. The predicted molar refractivity (Wildman–Crippen MR) is 90.4 cm³/mol. The van der Waals surface area contributed by atoms with E-state index < -0.39 is 0 Å². The van der Waals surface area contributed by atoms with Crippen molar-refractivity contribution in [3.05, 3.63) is 53.5 Å². The van der Waals surface area contributed by atoms with Gasteiger partial charge in [-0.1, -0.05) is 32.0 Å². The monoisotopic (exact) mass is 316 g/mol. The zero-order valence-corrected chi connectivity index (χ0v) is 14.0. The Morgan fingerprint density at radius 2 is 1.91 bits per heavy atom. The summed E-state index contributed by atoms with van der Waals surface area (Å²) in [5, 5.41) is 2.88. The van der Waals surface area contributed by atoms with Gasteiger partial charge in [0.2, 0.25) is 0 Å². The summed E-state index contributed by atoms with van der Waals surface area (Å²) in [6.07, 6.45) is 0. The van der Waals surface area contributed by atoms with Crippen LogP contribution in [0.15, 0.2) is 40.8 Å². The number of furan rings is 1. The third-order valence-electron chi connectivity index (χ3n) is 3.72. The van der Waals surface area contributed by atoms with Gasteiger partial charge in [-0.3, -0.25) is 9.69 Å². The van der Waals surface area contributed by atoms with Crippen LogP contribution in [0.25, 0.3) is 0 Å². The highest BCUT2D eigenvalue weighted by Crippen LogP contribution is 2.18. The Balaban J connectivity index is 2.05. The summed E-state index contributed by atoms with van der Waals surface area (Å²) in [5.74, 6) is 0.864. The largest absolute Gasteiger partial charge is 0.455 e. The van der Waals surface area contributed by atoms with Gasteiger partial charge >= 0.3 is 0 Å². The van der Waals surface area contributed by atoms with Crippen LogP contribution in [0, 0.1) is 0 Å². The highest BCUT2D eigenvalue weighted by molar-refractivity contribution is 6.02. The molecule has 124 valence electrons. The second-order valence-electron chi connectivity index (χ2n) is 5.27. The summed E-state index contributed by atoms with van der Waals surface area (Å²) < 4.78 is 10.8. The number of anilines is 1. The summed E-state index contributed by atoms with van der Waals surface area (Å²) in [6.45, 7) is 7.26. The van der Waals surface area contributed by atoms with Crippen molar-refractivity contribution in [2.24, 2.45) is 0 Å². The number of carbonyl (C=O) groups is 1. The SMILES string of the molecule is CCN(CC)Cc1ccc(C(=O)Nc2ccccc2COC)o1. The molecule has 0 atom stereocenters. The van der Waals surface area contributed by atoms with Crippen LogP contribution < -0.4 is 5.32 Å². The van der Waals surface area contributed by atoms with Crippen LogP contribution in [0.1, 0.15) is 35.7 Å². The second-order valence-corrected chi connectivity index (χ2v) is 5.27. The van der Waals surface area contributed by atoms with Crippen molar-refractivity contribution >= 4 is 11.6 Å². The number of hydrogen-bond acceptors (Lipinski definition) is 4. The Hall–Kier alpha value is -2.11. The quantitative estimate of drug-likeness (QED) is 0.809. The summed E-state index contributed by atoms with van der Waals surface area (Å²) in [7, 11) is 1.63. The molecule has 5 nitrogen and oxygen atoms in total. The summed E-state index contributed by atoms with van der Waals surface area (Å²) in [5.41, 5.74) is 1.67. The second kappa shape index (κ2) is 8.50. The van der Waals surface area contributed by atoms with E-state index in [1.807, 2.05) is 30.3 Å². The zero-order valence-electron chi connectivity index (χ0n) is 14.0. The first-order valence-corrected chi connectivity index (χ1v) is 7.87. The van der Waals surface area contributed by atoms with Crippen LogP contribution >= 0.6 is 0 Å². The fraction of sp³-hybridized carbons (Fsp3) is 0.389. The molecule has 5 heteroatoms. The molecule has 1 aromatic heterocycles. The molecular weight excluding hydrogens is 292 g/mol. The molecule has 0 spiro atoms. The van der Waals surface area contributed by atoms with Gasteiger partial charge in [0.15, 0.2) is 5.76 Å². The molecule has 2 aromatic rings. The van der Waals surface area contributed by atoms with E-state index in [9.17, 15) is 4.79 Å². The van der Waals surface area contributed by atoms with Gasteiger partial charge in [-0.05, 0) is 31.3 Å². The normalized spacial score (nSPS) is 11.0. The highest BCUT2D eigenvalue weighted by atomic mass is 16.5. The van der Waals surface area contributed by atoms with Crippen LogP contribution in [0.3, 0.4) is 0 Å². The van der Waals surface area contributed by atoms with Crippen molar-refractivity contribution in [1.29, 1.82) is 0 Å². The van der Waals surface area contributed by atoms with E-state index in [4.69, 9.17) is 9.15 Å². The topological polar surface area (TPSA) is 54.7 Å². The van der Waals surface area contributed by atoms with E-state index in [1.54, 1.807) is 13.2 Å². The lowest BCUT2D eigenvalue weighted by molar-refractivity contribution is 0.0992. The minimum Gasteiger partial charge on any atom is -0.455 e. The van der Waals surface area contributed by atoms with Gasteiger partial charge in [0, 0.05) is 18.4 Å². The summed E-state index contributed by atoms with van der Waals surface area (Å²) >= 11 is 0. The number of hydrogen-bond donors (Lipinski definition) is 1. The molecule has 0 fully saturated rings. The van der Waals surface area contributed by atoms with Crippen molar-refractivity contribution in [3.63, 3.8) is 0 Å². The van der Waals surface area contributed by atoms with Crippen LogP contribution in [0.5, 0.6) is 0 Å². The minimum absolute atomic E-state index is 0.251. The van der Waals surface area contributed by atoms with Crippen LogP contribution in [0.2, 0.25) is 0 Å². The highest BCUT2D eigenvalue weighted by Gasteiger charge is 2.14. The number of methoxy groups -OCH3 is 1.